The lowest BCUT2D eigenvalue weighted by Gasteiger charge is -2.22. The van der Waals surface area contributed by atoms with Crippen molar-refractivity contribution in [3.05, 3.63) is 35.4 Å². The van der Waals surface area contributed by atoms with Crippen LogP contribution in [0.1, 0.15) is 30.4 Å². The Bertz CT molecular complexity index is 482. The van der Waals surface area contributed by atoms with Gasteiger partial charge in [0.1, 0.15) is 0 Å². The van der Waals surface area contributed by atoms with Crippen molar-refractivity contribution in [2.24, 2.45) is 0 Å². The second kappa shape index (κ2) is 7.05. The fourth-order valence-electron chi connectivity index (χ4n) is 2.45. The fourth-order valence-corrected chi connectivity index (χ4v) is 2.45. The van der Waals surface area contributed by atoms with Crippen LogP contribution in [-0.4, -0.2) is 29.6 Å². The zero-order chi connectivity index (χ0) is 14.4. The highest BCUT2D eigenvalue weighted by Gasteiger charge is 2.20. The minimum absolute atomic E-state index is 0.00479. The molecule has 0 spiro atoms. The SMILES string of the molecule is O=C(O)Cc1ccccc1CNC(=O)[C@@H]1CCCCN1. The van der Waals surface area contributed by atoms with E-state index < -0.39 is 5.97 Å². The lowest BCUT2D eigenvalue weighted by atomic mass is 10.0. The smallest absolute Gasteiger partial charge is 0.307 e. The number of benzene rings is 1. The monoisotopic (exact) mass is 276 g/mol. The van der Waals surface area contributed by atoms with E-state index in [2.05, 4.69) is 10.6 Å². The zero-order valence-corrected chi connectivity index (χ0v) is 11.4. The van der Waals surface area contributed by atoms with Crippen LogP contribution in [-0.2, 0) is 22.6 Å². The first-order valence-electron chi connectivity index (χ1n) is 6.96. The first-order valence-corrected chi connectivity index (χ1v) is 6.96. The maximum atomic E-state index is 12.0. The van der Waals surface area contributed by atoms with Gasteiger partial charge in [0, 0.05) is 6.54 Å². The summed E-state index contributed by atoms with van der Waals surface area (Å²) in [6.45, 7) is 1.26. The molecular formula is C15H20N2O3. The van der Waals surface area contributed by atoms with E-state index in [1.807, 2.05) is 18.2 Å². The highest BCUT2D eigenvalue weighted by atomic mass is 16.4. The molecule has 1 amide bonds. The summed E-state index contributed by atoms with van der Waals surface area (Å²) in [5.74, 6) is -0.868. The van der Waals surface area contributed by atoms with Crippen molar-refractivity contribution in [2.45, 2.75) is 38.3 Å². The first kappa shape index (κ1) is 14.5. The fraction of sp³-hybridized carbons (Fsp3) is 0.467. The number of nitrogens with one attached hydrogen (secondary N) is 2. The van der Waals surface area contributed by atoms with Crippen LogP contribution in [0.3, 0.4) is 0 Å². The van der Waals surface area contributed by atoms with E-state index in [4.69, 9.17) is 5.11 Å². The Morgan fingerprint density at radius 2 is 2.00 bits per heavy atom. The van der Waals surface area contributed by atoms with Crippen LogP contribution in [0, 0.1) is 0 Å². The van der Waals surface area contributed by atoms with E-state index in [-0.39, 0.29) is 18.4 Å². The molecule has 1 atom stereocenters. The van der Waals surface area contributed by atoms with Crippen LogP contribution in [0.5, 0.6) is 0 Å². The molecule has 2 rings (SSSR count). The molecule has 0 radical (unpaired) electrons. The molecule has 0 bridgehead atoms. The molecule has 1 aliphatic rings. The molecule has 5 nitrogen and oxygen atoms in total. The summed E-state index contributed by atoms with van der Waals surface area (Å²) in [7, 11) is 0. The number of hydrogen-bond acceptors (Lipinski definition) is 3. The second-order valence-corrected chi connectivity index (χ2v) is 5.06. The molecular weight excluding hydrogens is 256 g/mol. The van der Waals surface area contributed by atoms with Crippen molar-refractivity contribution < 1.29 is 14.7 Å². The van der Waals surface area contributed by atoms with E-state index in [0.29, 0.717) is 6.54 Å². The van der Waals surface area contributed by atoms with Crippen molar-refractivity contribution in [1.29, 1.82) is 0 Å². The molecule has 1 aromatic carbocycles. The van der Waals surface area contributed by atoms with Crippen LogP contribution in [0.15, 0.2) is 24.3 Å². The number of rotatable bonds is 5. The minimum atomic E-state index is -0.863. The number of carboxylic acids is 1. The van der Waals surface area contributed by atoms with Gasteiger partial charge in [0.05, 0.1) is 12.5 Å². The van der Waals surface area contributed by atoms with Gasteiger partial charge in [-0.15, -0.1) is 0 Å². The van der Waals surface area contributed by atoms with E-state index in [1.165, 1.54) is 0 Å². The minimum Gasteiger partial charge on any atom is -0.481 e. The number of aliphatic carboxylic acids is 1. The molecule has 1 heterocycles. The maximum absolute atomic E-state index is 12.0. The molecule has 0 aliphatic carbocycles. The molecule has 5 heteroatoms. The van der Waals surface area contributed by atoms with Gasteiger partial charge in [0.2, 0.25) is 5.91 Å². The summed E-state index contributed by atoms with van der Waals surface area (Å²) in [4.78, 5) is 22.8. The number of carboxylic acid groups (broad SMARTS) is 1. The Hall–Kier alpha value is -1.88. The van der Waals surface area contributed by atoms with Crippen LogP contribution >= 0.6 is 0 Å². The van der Waals surface area contributed by atoms with Gasteiger partial charge < -0.3 is 15.7 Å². The Morgan fingerprint density at radius 1 is 1.25 bits per heavy atom. The van der Waals surface area contributed by atoms with Gasteiger partial charge in [-0.1, -0.05) is 30.7 Å². The number of carbonyl (C=O) groups excluding carboxylic acids is 1. The lowest BCUT2D eigenvalue weighted by Crippen LogP contribution is -2.46. The highest BCUT2D eigenvalue weighted by Crippen LogP contribution is 2.11. The quantitative estimate of drug-likeness (QED) is 0.752. The van der Waals surface area contributed by atoms with Crippen LogP contribution in [0.25, 0.3) is 0 Å². The standard InChI is InChI=1S/C15H20N2O3/c18-14(19)9-11-5-1-2-6-12(11)10-17-15(20)13-7-3-4-8-16-13/h1-2,5-6,13,16H,3-4,7-10H2,(H,17,20)(H,18,19)/t13-/m0/s1. The normalized spacial score (nSPS) is 18.5. The third-order valence-corrected chi connectivity index (χ3v) is 3.54. The molecule has 108 valence electrons. The van der Waals surface area contributed by atoms with Gasteiger partial charge >= 0.3 is 5.97 Å². The van der Waals surface area contributed by atoms with Crippen molar-refractivity contribution >= 4 is 11.9 Å². The van der Waals surface area contributed by atoms with E-state index in [1.54, 1.807) is 6.07 Å². The predicted octanol–water partition coefficient (Wildman–Crippen LogP) is 1.07. The number of carbonyl (C=O) groups is 2. The second-order valence-electron chi connectivity index (χ2n) is 5.06. The molecule has 20 heavy (non-hydrogen) atoms. The Morgan fingerprint density at radius 3 is 2.65 bits per heavy atom. The summed E-state index contributed by atoms with van der Waals surface area (Å²) in [6, 6.07) is 7.19. The van der Waals surface area contributed by atoms with Gasteiger partial charge in [-0.25, -0.2) is 0 Å². The Kier molecular flexibility index (Phi) is 5.12. The van der Waals surface area contributed by atoms with Gasteiger partial charge in [-0.2, -0.15) is 0 Å². The average Bonchev–Trinajstić information content (AvgIpc) is 2.46. The number of amides is 1. The molecule has 1 aliphatic heterocycles. The Balaban J connectivity index is 1.92. The molecule has 1 aromatic rings. The molecule has 3 N–H and O–H groups in total. The van der Waals surface area contributed by atoms with E-state index in [0.717, 1.165) is 36.9 Å². The van der Waals surface area contributed by atoms with Crippen molar-refractivity contribution in [3.63, 3.8) is 0 Å². The topological polar surface area (TPSA) is 78.4 Å². The van der Waals surface area contributed by atoms with Crippen molar-refractivity contribution in [3.8, 4) is 0 Å². The average molecular weight is 276 g/mol. The number of hydrogen-bond donors (Lipinski definition) is 3. The summed E-state index contributed by atoms with van der Waals surface area (Å²) in [5, 5.41) is 15.0. The molecule has 0 unspecified atom stereocenters. The van der Waals surface area contributed by atoms with Crippen LogP contribution < -0.4 is 10.6 Å². The highest BCUT2D eigenvalue weighted by molar-refractivity contribution is 5.81. The van der Waals surface area contributed by atoms with Gasteiger partial charge in [-0.05, 0) is 30.5 Å². The Labute approximate surface area is 118 Å². The maximum Gasteiger partial charge on any atom is 0.307 e. The van der Waals surface area contributed by atoms with Crippen molar-refractivity contribution in [1.82, 2.24) is 10.6 Å². The van der Waals surface area contributed by atoms with E-state index in [9.17, 15) is 9.59 Å². The molecule has 0 saturated carbocycles. The number of piperidine rings is 1. The molecule has 0 aromatic heterocycles. The van der Waals surface area contributed by atoms with Gasteiger partial charge in [0.25, 0.3) is 0 Å². The largest absolute Gasteiger partial charge is 0.481 e. The van der Waals surface area contributed by atoms with Gasteiger partial charge in [0.15, 0.2) is 0 Å². The van der Waals surface area contributed by atoms with Gasteiger partial charge in [-0.3, -0.25) is 9.59 Å². The van der Waals surface area contributed by atoms with Crippen LogP contribution in [0.2, 0.25) is 0 Å². The van der Waals surface area contributed by atoms with E-state index >= 15 is 0 Å². The molecule has 1 saturated heterocycles. The van der Waals surface area contributed by atoms with Crippen molar-refractivity contribution in [2.75, 3.05) is 6.54 Å². The zero-order valence-electron chi connectivity index (χ0n) is 11.4. The summed E-state index contributed by atoms with van der Waals surface area (Å²) in [5.41, 5.74) is 1.61. The third-order valence-electron chi connectivity index (χ3n) is 3.54. The molecule has 1 fully saturated rings. The summed E-state index contributed by atoms with van der Waals surface area (Å²) in [6.07, 6.45) is 3.03. The predicted molar refractivity (Wildman–Crippen MR) is 75.3 cm³/mol. The first-order chi connectivity index (χ1) is 9.66. The summed E-state index contributed by atoms with van der Waals surface area (Å²) >= 11 is 0. The summed E-state index contributed by atoms with van der Waals surface area (Å²) < 4.78 is 0. The van der Waals surface area contributed by atoms with Crippen LogP contribution in [0.4, 0.5) is 0 Å². The lowest BCUT2D eigenvalue weighted by molar-refractivity contribution is -0.136. The third kappa shape index (κ3) is 4.06.